The summed E-state index contributed by atoms with van der Waals surface area (Å²) in [5.74, 6) is 0. The maximum Gasteiger partial charge on any atom is 0.232 e. The molecular formula is C12H17BrN2O2S. The van der Waals surface area contributed by atoms with Crippen molar-refractivity contribution in [1.82, 2.24) is 0 Å². The first-order valence-corrected chi connectivity index (χ1v) is 8.31. The van der Waals surface area contributed by atoms with Crippen molar-refractivity contribution in [3.63, 3.8) is 0 Å². The first kappa shape index (κ1) is 13.7. The summed E-state index contributed by atoms with van der Waals surface area (Å²) in [5.41, 5.74) is 2.09. The van der Waals surface area contributed by atoms with E-state index in [-0.39, 0.29) is 0 Å². The van der Waals surface area contributed by atoms with Gasteiger partial charge in [0, 0.05) is 11.0 Å². The summed E-state index contributed by atoms with van der Waals surface area (Å²) in [7, 11) is -3.31. The highest BCUT2D eigenvalue weighted by molar-refractivity contribution is 9.10. The van der Waals surface area contributed by atoms with E-state index in [9.17, 15) is 8.42 Å². The van der Waals surface area contributed by atoms with Gasteiger partial charge in [-0.25, -0.2) is 8.42 Å². The molecule has 0 radical (unpaired) electrons. The molecule has 0 bridgehead atoms. The standard InChI is InChI=1S/C12H17BrN2O2S/c1-8-5-9(13)11-10(6-8)15(18(4,16)17)12(2,3)7-14-11/h5-6,14H,7H2,1-4H3. The molecular weight excluding hydrogens is 316 g/mol. The van der Waals surface area contributed by atoms with E-state index in [0.717, 1.165) is 15.7 Å². The Hall–Kier alpha value is -0.750. The lowest BCUT2D eigenvalue weighted by molar-refractivity contribution is 0.514. The summed E-state index contributed by atoms with van der Waals surface area (Å²) in [5, 5.41) is 3.30. The minimum Gasteiger partial charge on any atom is -0.380 e. The van der Waals surface area contributed by atoms with Crippen molar-refractivity contribution >= 4 is 37.3 Å². The molecule has 18 heavy (non-hydrogen) atoms. The molecule has 1 aromatic carbocycles. The summed E-state index contributed by atoms with van der Waals surface area (Å²) in [6.07, 6.45) is 1.25. The molecule has 0 amide bonds. The molecule has 0 spiro atoms. The summed E-state index contributed by atoms with van der Waals surface area (Å²) in [6, 6.07) is 3.87. The molecule has 0 saturated heterocycles. The number of halogens is 1. The number of hydrogen-bond donors (Lipinski definition) is 1. The van der Waals surface area contributed by atoms with E-state index >= 15 is 0 Å². The van der Waals surface area contributed by atoms with Crippen LogP contribution < -0.4 is 9.62 Å². The number of hydrogen-bond acceptors (Lipinski definition) is 3. The lowest BCUT2D eigenvalue weighted by atomic mass is 10.0. The van der Waals surface area contributed by atoms with E-state index in [4.69, 9.17) is 0 Å². The fourth-order valence-electron chi connectivity index (χ4n) is 2.39. The molecule has 0 saturated carbocycles. The number of fused-ring (bicyclic) bond motifs is 1. The van der Waals surface area contributed by atoms with E-state index in [2.05, 4.69) is 21.2 Å². The van der Waals surface area contributed by atoms with Gasteiger partial charge in [0.1, 0.15) is 0 Å². The Morgan fingerprint density at radius 3 is 2.56 bits per heavy atom. The molecule has 1 aliphatic heterocycles. The van der Waals surface area contributed by atoms with Crippen LogP contribution in [0.5, 0.6) is 0 Å². The van der Waals surface area contributed by atoms with Gasteiger partial charge in [-0.3, -0.25) is 4.31 Å². The third-order valence-corrected chi connectivity index (χ3v) is 4.99. The average Bonchev–Trinajstić information content (AvgIpc) is 2.11. The maximum atomic E-state index is 12.1. The van der Waals surface area contributed by atoms with Gasteiger partial charge in [0.25, 0.3) is 0 Å². The van der Waals surface area contributed by atoms with Crippen LogP contribution in [-0.2, 0) is 10.0 Å². The van der Waals surface area contributed by atoms with Crippen molar-refractivity contribution in [2.45, 2.75) is 26.3 Å². The Morgan fingerprint density at radius 2 is 2.00 bits per heavy atom. The molecule has 100 valence electrons. The van der Waals surface area contributed by atoms with Crippen LogP contribution in [0, 0.1) is 6.92 Å². The fourth-order valence-corrected chi connectivity index (χ4v) is 4.56. The van der Waals surface area contributed by atoms with Crippen LogP contribution in [0.3, 0.4) is 0 Å². The van der Waals surface area contributed by atoms with Crippen LogP contribution in [0.4, 0.5) is 11.4 Å². The molecule has 4 nitrogen and oxygen atoms in total. The van der Waals surface area contributed by atoms with E-state index in [1.807, 2.05) is 32.9 Å². The third-order valence-electron chi connectivity index (χ3n) is 3.01. The number of nitrogens with zero attached hydrogens (tertiary/aromatic N) is 1. The van der Waals surface area contributed by atoms with Gasteiger partial charge in [-0.1, -0.05) is 0 Å². The predicted molar refractivity (Wildman–Crippen MR) is 78.8 cm³/mol. The van der Waals surface area contributed by atoms with Crippen LogP contribution in [-0.4, -0.2) is 26.8 Å². The normalized spacial score (nSPS) is 18.2. The number of rotatable bonds is 1. The van der Waals surface area contributed by atoms with Crippen molar-refractivity contribution in [3.8, 4) is 0 Å². The zero-order valence-corrected chi connectivity index (χ0v) is 13.3. The number of anilines is 2. The van der Waals surface area contributed by atoms with E-state index < -0.39 is 15.6 Å². The highest BCUT2D eigenvalue weighted by Crippen LogP contribution is 2.42. The van der Waals surface area contributed by atoms with Gasteiger partial charge in [0.05, 0.1) is 23.2 Å². The van der Waals surface area contributed by atoms with E-state index in [1.165, 1.54) is 10.6 Å². The first-order valence-electron chi connectivity index (χ1n) is 5.67. The molecule has 0 atom stereocenters. The molecule has 6 heteroatoms. The smallest absolute Gasteiger partial charge is 0.232 e. The highest BCUT2D eigenvalue weighted by Gasteiger charge is 2.39. The number of sulfonamides is 1. The second-order valence-electron chi connectivity index (χ2n) is 5.33. The van der Waals surface area contributed by atoms with E-state index in [0.29, 0.717) is 12.2 Å². The Kier molecular flexibility index (Phi) is 3.14. The molecule has 1 N–H and O–H groups in total. The molecule has 0 unspecified atom stereocenters. The second-order valence-corrected chi connectivity index (χ2v) is 8.02. The second kappa shape index (κ2) is 4.13. The SMILES string of the molecule is Cc1cc(Br)c2c(c1)N(S(C)(=O)=O)C(C)(C)CN2. The topological polar surface area (TPSA) is 49.4 Å². The minimum absolute atomic E-state index is 0.478. The monoisotopic (exact) mass is 332 g/mol. The molecule has 0 aliphatic carbocycles. The molecule has 0 aromatic heterocycles. The van der Waals surface area contributed by atoms with Crippen LogP contribution in [0.25, 0.3) is 0 Å². The third kappa shape index (κ3) is 2.23. The summed E-state index contributed by atoms with van der Waals surface area (Å²) >= 11 is 3.48. The van der Waals surface area contributed by atoms with Gasteiger partial charge >= 0.3 is 0 Å². The van der Waals surface area contributed by atoms with Crippen molar-refractivity contribution in [3.05, 3.63) is 22.2 Å². The quantitative estimate of drug-likeness (QED) is 0.860. The Bertz CT molecular complexity index is 596. The summed E-state index contributed by atoms with van der Waals surface area (Å²) in [6.45, 7) is 6.36. The van der Waals surface area contributed by atoms with Crippen molar-refractivity contribution in [2.75, 3.05) is 22.4 Å². The van der Waals surface area contributed by atoms with Crippen LogP contribution in [0.1, 0.15) is 19.4 Å². The summed E-state index contributed by atoms with van der Waals surface area (Å²) in [4.78, 5) is 0. The van der Waals surface area contributed by atoms with Gasteiger partial charge in [-0.15, -0.1) is 0 Å². The molecule has 1 heterocycles. The van der Waals surface area contributed by atoms with Crippen molar-refractivity contribution in [1.29, 1.82) is 0 Å². The van der Waals surface area contributed by atoms with Gasteiger partial charge in [0.15, 0.2) is 0 Å². The number of nitrogens with one attached hydrogen (secondary N) is 1. The van der Waals surface area contributed by atoms with Crippen LogP contribution in [0.15, 0.2) is 16.6 Å². The molecule has 2 rings (SSSR count). The lowest BCUT2D eigenvalue weighted by Gasteiger charge is -2.43. The van der Waals surface area contributed by atoms with Gasteiger partial charge < -0.3 is 5.32 Å². The Balaban J connectivity index is 2.73. The maximum absolute atomic E-state index is 12.1. The Morgan fingerprint density at radius 1 is 1.39 bits per heavy atom. The molecule has 0 fully saturated rings. The fraction of sp³-hybridized carbons (Fsp3) is 0.500. The van der Waals surface area contributed by atoms with Crippen molar-refractivity contribution < 1.29 is 8.42 Å². The van der Waals surface area contributed by atoms with Crippen LogP contribution in [0.2, 0.25) is 0 Å². The molecule has 1 aliphatic rings. The van der Waals surface area contributed by atoms with Gasteiger partial charge in [0.2, 0.25) is 10.0 Å². The van der Waals surface area contributed by atoms with Crippen LogP contribution >= 0.6 is 15.9 Å². The highest BCUT2D eigenvalue weighted by atomic mass is 79.9. The van der Waals surface area contributed by atoms with Gasteiger partial charge in [-0.05, 0) is 54.4 Å². The lowest BCUT2D eigenvalue weighted by Crippen LogP contribution is -2.54. The van der Waals surface area contributed by atoms with E-state index in [1.54, 1.807) is 0 Å². The zero-order valence-electron chi connectivity index (χ0n) is 10.9. The van der Waals surface area contributed by atoms with Crippen molar-refractivity contribution in [2.24, 2.45) is 0 Å². The zero-order chi connectivity index (χ0) is 13.7. The largest absolute Gasteiger partial charge is 0.380 e. The molecule has 1 aromatic rings. The summed E-state index contributed by atoms with van der Waals surface area (Å²) < 4.78 is 26.5. The van der Waals surface area contributed by atoms with Gasteiger partial charge in [-0.2, -0.15) is 0 Å². The minimum atomic E-state index is -3.31. The Labute approximate surface area is 117 Å². The number of benzene rings is 1. The predicted octanol–water partition coefficient (Wildman–Crippen LogP) is 2.73. The number of aryl methyl sites for hydroxylation is 1. The first-order chi connectivity index (χ1) is 8.13. The average molecular weight is 333 g/mol.